The van der Waals surface area contributed by atoms with Crippen molar-refractivity contribution in [2.75, 3.05) is 12.8 Å². The average Bonchev–Trinajstić information content (AvgIpc) is 3.39. The molecule has 1 saturated heterocycles. The first-order valence-electron chi connectivity index (χ1n) is 8.03. The van der Waals surface area contributed by atoms with Gasteiger partial charge in [-0.05, 0) is 55.9 Å². The van der Waals surface area contributed by atoms with Crippen molar-refractivity contribution in [3.05, 3.63) is 17.0 Å². The Kier molecular flexibility index (Phi) is 3.38. The fourth-order valence-electron chi connectivity index (χ4n) is 3.76. The van der Waals surface area contributed by atoms with E-state index >= 15 is 0 Å². The van der Waals surface area contributed by atoms with Gasteiger partial charge in [0.1, 0.15) is 4.21 Å². The van der Waals surface area contributed by atoms with Gasteiger partial charge in [-0.3, -0.25) is 4.79 Å². The molecule has 3 aliphatic rings. The van der Waals surface area contributed by atoms with Gasteiger partial charge in [0.05, 0.1) is 5.56 Å². The molecular weight excluding hydrogens is 318 g/mol. The highest BCUT2D eigenvalue weighted by Crippen LogP contribution is 2.48. The fraction of sp³-hybridized carbons (Fsp3) is 0.688. The van der Waals surface area contributed by atoms with Crippen LogP contribution in [0.15, 0.2) is 15.7 Å². The van der Waals surface area contributed by atoms with Gasteiger partial charge in [0.15, 0.2) is 9.84 Å². The smallest absolute Gasteiger partial charge is 0.255 e. The fourth-order valence-corrected chi connectivity index (χ4v) is 5.55. The minimum atomic E-state index is -3.22. The van der Waals surface area contributed by atoms with Crippen molar-refractivity contribution in [2.24, 2.45) is 17.8 Å². The third-order valence-corrected chi connectivity index (χ3v) is 8.05. The number of carbonyl (C=O) groups excluding carboxylic acids is 1. The van der Waals surface area contributed by atoms with Crippen LogP contribution in [0.25, 0.3) is 0 Å². The van der Waals surface area contributed by atoms with E-state index in [1.165, 1.54) is 31.9 Å². The average molecular weight is 339 g/mol. The molecule has 3 fully saturated rings. The van der Waals surface area contributed by atoms with Crippen LogP contribution in [0.4, 0.5) is 0 Å². The summed E-state index contributed by atoms with van der Waals surface area (Å²) in [6.07, 6.45) is 7.47. The zero-order valence-electron chi connectivity index (χ0n) is 12.7. The molecule has 0 aromatic carbocycles. The van der Waals surface area contributed by atoms with E-state index in [2.05, 4.69) is 4.90 Å². The summed E-state index contributed by atoms with van der Waals surface area (Å²) in [4.78, 5) is 14.9. The standard InChI is InChI=1S/C16H21NO3S2/c1-22(19,20)15-7-13(9-21-15)16(18)17-8-12(10-2-3-10)6-14(17)11-4-5-11/h7,9-12,14H,2-6,8H2,1H3/t12-,14-/m1/s1. The van der Waals surface area contributed by atoms with Crippen molar-refractivity contribution in [1.29, 1.82) is 0 Å². The van der Waals surface area contributed by atoms with Gasteiger partial charge in [0.25, 0.3) is 5.91 Å². The summed E-state index contributed by atoms with van der Waals surface area (Å²) in [5.41, 5.74) is 0.549. The molecule has 1 aromatic heterocycles. The molecule has 2 heterocycles. The second-order valence-electron chi connectivity index (χ2n) is 7.12. The Bertz CT molecular complexity index is 701. The lowest BCUT2D eigenvalue weighted by molar-refractivity contribution is 0.0717. The predicted octanol–water partition coefficient (Wildman–Crippen LogP) is 2.80. The second kappa shape index (κ2) is 5.06. The first-order chi connectivity index (χ1) is 10.4. The molecule has 120 valence electrons. The largest absolute Gasteiger partial charge is 0.335 e. The van der Waals surface area contributed by atoms with Crippen LogP contribution < -0.4 is 0 Å². The second-order valence-corrected chi connectivity index (χ2v) is 10.3. The van der Waals surface area contributed by atoms with Crippen molar-refractivity contribution in [2.45, 2.75) is 42.4 Å². The van der Waals surface area contributed by atoms with Gasteiger partial charge in [0.2, 0.25) is 0 Å². The minimum absolute atomic E-state index is 0.0335. The molecule has 4 nitrogen and oxygen atoms in total. The van der Waals surface area contributed by atoms with E-state index in [-0.39, 0.29) is 10.1 Å². The molecule has 1 amide bonds. The van der Waals surface area contributed by atoms with E-state index in [9.17, 15) is 13.2 Å². The van der Waals surface area contributed by atoms with Crippen LogP contribution in [0.3, 0.4) is 0 Å². The summed E-state index contributed by atoms with van der Waals surface area (Å²) in [6.45, 7) is 0.870. The highest BCUT2D eigenvalue weighted by atomic mass is 32.2. The van der Waals surface area contributed by atoms with E-state index in [1.54, 1.807) is 11.4 Å². The monoisotopic (exact) mass is 339 g/mol. The number of likely N-dealkylation sites (tertiary alicyclic amines) is 1. The summed E-state index contributed by atoms with van der Waals surface area (Å²) < 4.78 is 23.5. The van der Waals surface area contributed by atoms with Crippen molar-refractivity contribution in [3.8, 4) is 0 Å². The van der Waals surface area contributed by atoms with Crippen molar-refractivity contribution < 1.29 is 13.2 Å². The zero-order valence-corrected chi connectivity index (χ0v) is 14.3. The minimum Gasteiger partial charge on any atom is -0.335 e. The molecule has 0 bridgehead atoms. The van der Waals surface area contributed by atoms with Crippen LogP contribution in [0, 0.1) is 17.8 Å². The molecule has 6 heteroatoms. The maximum Gasteiger partial charge on any atom is 0.255 e. The number of hydrogen-bond acceptors (Lipinski definition) is 4. The van der Waals surface area contributed by atoms with Crippen LogP contribution in [-0.4, -0.2) is 38.1 Å². The van der Waals surface area contributed by atoms with Crippen LogP contribution in [-0.2, 0) is 9.84 Å². The van der Waals surface area contributed by atoms with E-state index in [4.69, 9.17) is 0 Å². The predicted molar refractivity (Wildman–Crippen MR) is 85.8 cm³/mol. The number of rotatable bonds is 4. The molecule has 0 N–H and O–H groups in total. The summed E-state index contributed by atoms with van der Waals surface area (Å²) in [6, 6.07) is 1.94. The molecule has 1 aromatic rings. The Hall–Kier alpha value is -0.880. The summed E-state index contributed by atoms with van der Waals surface area (Å²) in [7, 11) is -3.22. The molecule has 0 unspecified atom stereocenters. The van der Waals surface area contributed by atoms with Gasteiger partial charge in [0, 0.05) is 24.2 Å². The third kappa shape index (κ3) is 2.71. The van der Waals surface area contributed by atoms with Gasteiger partial charge in [-0.2, -0.15) is 0 Å². The van der Waals surface area contributed by atoms with E-state index in [0.717, 1.165) is 30.2 Å². The molecule has 2 saturated carbocycles. The van der Waals surface area contributed by atoms with Crippen molar-refractivity contribution in [3.63, 3.8) is 0 Å². The lowest BCUT2D eigenvalue weighted by Crippen LogP contribution is -2.36. The van der Waals surface area contributed by atoms with Gasteiger partial charge < -0.3 is 4.90 Å². The van der Waals surface area contributed by atoms with Gasteiger partial charge in [-0.25, -0.2) is 8.42 Å². The number of amides is 1. The number of carbonyl (C=O) groups is 1. The number of hydrogen-bond donors (Lipinski definition) is 0. The Morgan fingerprint density at radius 2 is 1.86 bits per heavy atom. The number of nitrogens with zero attached hydrogens (tertiary/aromatic N) is 1. The van der Waals surface area contributed by atoms with Crippen molar-refractivity contribution in [1.82, 2.24) is 4.90 Å². The molecule has 2 aliphatic carbocycles. The molecule has 0 radical (unpaired) electrons. The van der Waals surface area contributed by atoms with Crippen molar-refractivity contribution >= 4 is 27.1 Å². The lowest BCUT2D eigenvalue weighted by atomic mass is 9.98. The number of sulfone groups is 1. The first-order valence-corrected chi connectivity index (χ1v) is 10.8. The Morgan fingerprint density at radius 3 is 2.41 bits per heavy atom. The molecule has 2 atom stereocenters. The highest BCUT2D eigenvalue weighted by Gasteiger charge is 2.47. The third-order valence-electron chi connectivity index (χ3n) is 5.28. The SMILES string of the molecule is CS(=O)(=O)c1cc(C(=O)N2C[C@H](C3CC3)C[C@@H]2C2CC2)cs1. The first kappa shape index (κ1) is 14.7. The van der Waals surface area contributed by atoms with Gasteiger partial charge in [-0.15, -0.1) is 11.3 Å². The molecule has 0 spiro atoms. The summed E-state index contributed by atoms with van der Waals surface area (Å²) in [5, 5.41) is 1.70. The number of thiophene rings is 1. The van der Waals surface area contributed by atoms with Crippen LogP contribution in [0.1, 0.15) is 42.5 Å². The van der Waals surface area contributed by atoms with Crippen LogP contribution in [0.2, 0.25) is 0 Å². The van der Waals surface area contributed by atoms with Gasteiger partial charge >= 0.3 is 0 Å². The molecule has 22 heavy (non-hydrogen) atoms. The van der Waals surface area contributed by atoms with E-state index in [0.29, 0.717) is 23.4 Å². The Morgan fingerprint density at radius 1 is 1.18 bits per heavy atom. The molecule has 4 rings (SSSR count). The van der Waals surface area contributed by atoms with Crippen LogP contribution in [0.5, 0.6) is 0 Å². The maximum atomic E-state index is 12.9. The topological polar surface area (TPSA) is 54.5 Å². The lowest BCUT2D eigenvalue weighted by Gasteiger charge is -2.24. The molecule has 1 aliphatic heterocycles. The van der Waals surface area contributed by atoms with Crippen LogP contribution >= 0.6 is 11.3 Å². The molecular formula is C16H21NO3S2. The van der Waals surface area contributed by atoms with Gasteiger partial charge in [-0.1, -0.05) is 0 Å². The quantitative estimate of drug-likeness (QED) is 0.847. The van der Waals surface area contributed by atoms with E-state index in [1.807, 2.05) is 0 Å². The Labute approximate surface area is 135 Å². The summed E-state index contributed by atoms with van der Waals surface area (Å²) >= 11 is 1.15. The highest BCUT2D eigenvalue weighted by molar-refractivity contribution is 7.92. The zero-order chi connectivity index (χ0) is 15.5. The Balaban J connectivity index is 1.56. The maximum absolute atomic E-state index is 12.9. The normalized spacial score (nSPS) is 29.0. The summed E-state index contributed by atoms with van der Waals surface area (Å²) in [5.74, 6) is 2.21. The van der Waals surface area contributed by atoms with E-state index < -0.39 is 9.84 Å².